The molecule has 3 aromatic rings. The smallest absolute Gasteiger partial charge is 0.0702 e. The zero-order chi connectivity index (χ0) is 19.2. The van der Waals surface area contributed by atoms with E-state index >= 15 is 0 Å². The number of nitrogens with zero attached hydrogens (tertiary/aromatic N) is 2. The van der Waals surface area contributed by atoms with Gasteiger partial charge < -0.3 is 5.73 Å². The van der Waals surface area contributed by atoms with E-state index in [0.717, 1.165) is 28.9 Å². The molecular formula is C23H26N4. The fraction of sp³-hybridized carbons (Fsp3) is 0.174. The van der Waals surface area contributed by atoms with Gasteiger partial charge in [0, 0.05) is 23.5 Å². The number of benzene rings is 2. The van der Waals surface area contributed by atoms with E-state index in [-0.39, 0.29) is 0 Å². The minimum absolute atomic E-state index is 0.396. The van der Waals surface area contributed by atoms with Crippen molar-refractivity contribution in [2.45, 2.75) is 26.2 Å². The summed E-state index contributed by atoms with van der Waals surface area (Å²) in [6.07, 6.45) is 4.61. The van der Waals surface area contributed by atoms with Gasteiger partial charge in [-0.2, -0.15) is 0 Å². The molecule has 4 nitrogen and oxygen atoms in total. The molecular weight excluding hydrogens is 332 g/mol. The van der Waals surface area contributed by atoms with E-state index in [4.69, 9.17) is 11.6 Å². The van der Waals surface area contributed by atoms with Gasteiger partial charge in [-0.25, -0.2) is 5.84 Å². The standard InChI is InChI=1S/C23H26N4/c1-3-17(2)20-13-12-18(23-11-7-8-14-26-23)15-21(20)22(24)16-27(25)19-9-5-4-6-10-19/h4-17H,3,24-25H2,1-2H3/b22-16-. The van der Waals surface area contributed by atoms with E-state index in [1.807, 2.05) is 48.5 Å². The Kier molecular flexibility index (Phi) is 5.89. The van der Waals surface area contributed by atoms with Gasteiger partial charge in [-0.1, -0.05) is 50.2 Å². The van der Waals surface area contributed by atoms with Crippen molar-refractivity contribution in [2.75, 3.05) is 5.01 Å². The monoisotopic (exact) mass is 358 g/mol. The molecule has 0 saturated carbocycles. The molecule has 0 saturated heterocycles. The van der Waals surface area contributed by atoms with Crippen molar-refractivity contribution >= 4 is 11.4 Å². The van der Waals surface area contributed by atoms with Crippen molar-refractivity contribution in [3.63, 3.8) is 0 Å². The first-order valence-corrected chi connectivity index (χ1v) is 9.22. The Labute approximate surface area is 161 Å². The van der Waals surface area contributed by atoms with Crippen LogP contribution in [-0.4, -0.2) is 4.98 Å². The van der Waals surface area contributed by atoms with Gasteiger partial charge in [0.2, 0.25) is 0 Å². The lowest BCUT2D eigenvalue weighted by atomic mass is 9.90. The predicted molar refractivity (Wildman–Crippen MR) is 114 cm³/mol. The van der Waals surface area contributed by atoms with Crippen molar-refractivity contribution in [1.82, 2.24) is 4.98 Å². The van der Waals surface area contributed by atoms with Crippen LogP contribution in [0.25, 0.3) is 17.0 Å². The van der Waals surface area contributed by atoms with Crippen molar-refractivity contribution in [3.8, 4) is 11.3 Å². The van der Waals surface area contributed by atoms with Crippen molar-refractivity contribution in [3.05, 3.63) is 90.3 Å². The third kappa shape index (κ3) is 4.36. The van der Waals surface area contributed by atoms with E-state index in [9.17, 15) is 0 Å². The summed E-state index contributed by atoms with van der Waals surface area (Å²) in [6, 6.07) is 22.0. The zero-order valence-electron chi connectivity index (χ0n) is 15.8. The molecule has 1 heterocycles. The summed E-state index contributed by atoms with van der Waals surface area (Å²) in [6.45, 7) is 4.39. The van der Waals surface area contributed by atoms with Crippen molar-refractivity contribution < 1.29 is 0 Å². The van der Waals surface area contributed by atoms with Crippen LogP contribution in [0.3, 0.4) is 0 Å². The van der Waals surface area contributed by atoms with E-state index in [1.54, 1.807) is 17.4 Å². The largest absolute Gasteiger partial charge is 0.397 e. The summed E-state index contributed by atoms with van der Waals surface area (Å²) in [5.41, 5.74) is 12.2. The first-order valence-electron chi connectivity index (χ1n) is 9.22. The van der Waals surface area contributed by atoms with Gasteiger partial charge in [0.25, 0.3) is 0 Å². The third-order valence-electron chi connectivity index (χ3n) is 4.80. The number of pyridine rings is 1. The van der Waals surface area contributed by atoms with Gasteiger partial charge in [-0.3, -0.25) is 9.99 Å². The highest BCUT2D eigenvalue weighted by Crippen LogP contribution is 2.30. The second-order valence-electron chi connectivity index (χ2n) is 6.65. The van der Waals surface area contributed by atoms with Crippen LogP contribution in [0.5, 0.6) is 0 Å². The highest BCUT2D eigenvalue weighted by atomic mass is 15.4. The lowest BCUT2D eigenvalue weighted by molar-refractivity contribution is 0.731. The number of para-hydroxylation sites is 1. The van der Waals surface area contributed by atoms with Crippen LogP contribution < -0.4 is 16.6 Å². The number of anilines is 1. The van der Waals surface area contributed by atoms with Crippen LogP contribution in [0.15, 0.2) is 79.1 Å². The minimum Gasteiger partial charge on any atom is -0.397 e. The van der Waals surface area contributed by atoms with E-state index < -0.39 is 0 Å². The van der Waals surface area contributed by atoms with Gasteiger partial charge in [0.05, 0.1) is 17.1 Å². The maximum Gasteiger partial charge on any atom is 0.0702 e. The van der Waals surface area contributed by atoms with Crippen LogP contribution in [0.4, 0.5) is 5.69 Å². The number of hydrogen-bond donors (Lipinski definition) is 2. The Morgan fingerprint density at radius 2 is 1.81 bits per heavy atom. The quantitative estimate of drug-likeness (QED) is 0.486. The average Bonchev–Trinajstić information content (AvgIpc) is 2.74. The van der Waals surface area contributed by atoms with Crippen LogP contribution in [0.1, 0.15) is 37.3 Å². The number of aromatic nitrogens is 1. The number of hydrogen-bond acceptors (Lipinski definition) is 4. The van der Waals surface area contributed by atoms with Gasteiger partial charge in [-0.05, 0) is 48.2 Å². The molecule has 4 N–H and O–H groups in total. The summed E-state index contributed by atoms with van der Waals surface area (Å²) in [4.78, 5) is 4.46. The van der Waals surface area contributed by atoms with Crippen LogP contribution in [0.2, 0.25) is 0 Å². The molecule has 0 amide bonds. The molecule has 0 spiro atoms. The lowest BCUT2D eigenvalue weighted by Crippen LogP contribution is -2.25. The number of rotatable bonds is 6. The summed E-state index contributed by atoms with van der Waals surface area (Å²) in [5.74, 6) is 6.60. The first kappa shape index (κ1) is 18.7. The van der Waals surface area contributed by atoms with E-state index in [0.29, 0.717) is 11.6 Å². The zero-order valence-corrected chi connectivity index (χ0v) is 15.8. The average molecular weight is 358 g/mol. The Balaban J connectivity index is 2.04. The van der Waals surface area contributed by atoms with Gasteiger partial charge >= 0.3 is 0 Å². The maximum absolute atomic E-state index is 6.49. The highest BCUT2D eigenvalue weighted by molar-refractivity contribution is 5.74. The van der Waals surface area contributed by atoms with Crippen LogP contribution in [0, 0.1) is 0 Å². The Morgan fingerprint density at radius 3 is 2.48 bits per heavy atom. The molecule has 0 aliphatic rings. The fourth-order valence-corrected chi connectivity index (χ4v) is 3.04. The van der Waals surface area contributed by atoms with Gasteiger partial charge in [0.15, 0.2) is 0 Å². The van der Waals surface area contributed by atoms with Crippen LogP contribution >= 0.6 is 0 Å². The molecule has 138 valence electrons. The minimum atomic E-state index is 0.396. The Bertz CT molecular complexity index is 904. The lowest BCUT2D eigenvalue weighted by Gasteiger charge is -2.19. The molecule has 3 rings (SSSR count). The maximum atomic E-state index is 6.49. The molecule has 0 bridgehead atoms. The molecule has 0 aliphatic heterocycles. The third-order valence-corrected chi connectivity index (χ3v) is 4.80. The van der Waals surface area contributed by atoms with Gasteiger partial charge in [0.1, 0.15) is 0 Å². The summed E-state index contributed by atoms with van der Waals surface area (Å²) >= 11 is 0. The molecule has 1 aromatic heterocycles. The Hall–Kier alpha value is -3.11. The molecule has 4 heteroatoms. The topological polar surface area (TPSA) is 68.2 Å². The molecule has 0 fully saturated rings. The van der Waals surface area contributed by atoms with E-state index in [2.05, 4.69) is 37.0 Å². The highest BCUT2D eigenvalue weighted by Gasteiger charge is 2.14. The molecule has 1 unspecified atom stereocenters. The number of hydrazine groups is 1. The fourth-order valence-electron chi connectivity index (χ4n) is 3.04. The SMILES string of the molecule is CCC(C)c1ccc(-c2ccccn2)cc1/C(N)=C/N(N)c1ccccc1. The molecule has 27 heavy (non-hydrogen) atoms. The Morgan fingerprint density at radius 1 is 1.07 bits per heavy atom. The van der Waals surface area contributed by atoms with Crippen molar-refractivity contribution in [2.24, 2.45) is 11.6 Å². The summed E-state index contributed by atoms with van der Waals surface area (Å²) < 4.78 is 0. The van der Waals surface area contributed by atoms with Crippen molar-refractivity contribution in [1.29, 1.82) is 0 Å². The molecule has 2 aromatic carbocycles. The normalized spacial score (nSPS) is 12.6. The van der Waals surface area contributed by atoms with Gasteiger partial charge in [-0.15, -0.1) is 0 Å². The second-order valence-corrected chi connectivity index (χ2v) is 6.65. The van der Waals surface area contributed by atoms with E-state index in [1.165, 1.54) is 5.56 Å². The predicted octanol–water partition coefficient (Wildman–Crippen LogP) is 4.90. The summed E-state index contributed by atoms with van der Waals surface area (Å²) in [5, 5.41) is 1.56. The number of nitrogens with two attached hydrogens (primary N) is 2. The molecule has 0 aliphatic carbocycles. The van der Waals surface area contributed by atoms with Crippen LogP contribution in [-0.2, 0) is 0 Å². The first-order chi connectivity index (χ1) is 13.1. The molecule has 0 radical (unpaired) electrons. The second kappa shape index (κ2) is 8.52. The summed E-state index contributed by atoms with van der Waals surface area (Å²) in [7, 11) is 0. The molecule has 1 atom stereocenters.